The summed E-state index contributed by atoms with van der Waals surface area (Å²) in [7, 11) is -2.31. The molecule has 2 rings (SSSR count). The van der Waals surface area contributed by atoms with Crippen LogP contribution in [0.15, 0.2) is 23.5 Å². The fourth-order valence-corrected chi connectivity index (χ4v) is 2.40. The molecule has 9 nitrogen and oxygen atoms in total. The van der Waals surface area contributed by atoms with Crippen molar-refractivity contribution in [1.82, 2.24) is 19.7 Å². The first-order valence-electron chi connectivity index (χ1n) is 4.74. The quantitative estimate of drug-likeness (QED) is 0.657. The normalized spacial score (nSPS) is 11.4. The summed E-state index contributed by atoms with van der Waals surface area (Å²) >= 11 is 0. The molecular formula is C8H10N6O3S. The van der Waals surface area contributed by atoms with E-state index >= 15 is 0 Å². The Balaban J connectivity index is 2.36. The van der Waals surface area contributed by atoms with Gasteiger partial charge >= 0.3 is 0 Å². The molecule has 0 aliphatic carbocycles. The van der Waals surface area contributed by atoms with Crippen LogP contribution in [0.3, 0.4) is 0 Å². The van der Waals surface area contributed by atoms with E-state index in [0.717, 1.165) is 6.33 Å². The number of aromatic amines is 1. The van der Waals surface area contributed by atoms with E-state index in [9.17, 15) is 13.2 Å². The molecular weight excluding hydrogens is 260 g/mol. The minimum Gasteiger partial charge on any atom is -0.364 e. The number of anilines is 1. The molecule has 96 valence electrons. The van der Waals surface area contributed by atoms with Gasteiger partial charge in [0.25, 0.3) is 15.9 Å². The van der Waals surface area contributed by atoms with E-state index in [0.29, 0.717) is 0 Å². The van der Waals surface area contributed by atoms with Crippen LogP contribution in [0.5, 0.6) is 0 Å². The summed E-state index contributed by atoms with van der Waals surface area (Å²) in [6, 6.07) is 1.18. The fraction of sp³-hybridized carbons (Fsp3) is 0.125. The van der Waals surface area contributed by atoms with Gasteiger partial charge in [0.2, 0.25) is 5.95 Å². The highest BCUT2D eigenvalue weighted by Gasteiger charge is 2.20. The summed E-state index contributed by atoms with van der Waals surface area (Å²) in [5, 5.41) is 5.87. The number of hydrogen-bond donors (Lipinski definition) is 3. The topological polar surface area (TPSA) is 136 Å². The Hall–Kier alpha value is -2.36. The summed E-state index contributed by atoms with van der Waals surface area (Å²) in [6.07, 6.45) is 2.44. The highest BCUT2D eigenvalue weighted by atomic mass is 32.2. The van der Waals surface area contributed by atoms with Crippen LogP contribution in [-0.4, -0.2) is 34.1 Å². The third-order valence-corrected chi connectivity index (χ3v) is 3.49. The van der Waals surface area contributed by atoms with Crippen LogP contribution in [0.4, 0.5) is 5.95 Å². The second kappa shape index (κ2) is 4.14. The highest BCUT2D eigenvalue weighted by Crippen LogP contribution is 2.15. The summed E-state index contributed by atoms with van der Waals surface area (Å²) in [6.45, 7) is 0. The number of nitrogens with two attached hydrogens (primary N) is 1. The van der Waals surface area contributed by atoms with E-state index in [2.05, 4.69) is 19.9 Å². The Kier molecular flexibility index (Phi) is 2.79. The number of aryl methyl sites for hydroxylation is 1. The van der Waals surface area contributed by atoms with Crippen molar-refractivity contribution in [2.45, 2.75) is 4.90 Å². The Morgan fingerprint density at radius 3 is 2.78 bits per heavy atom. The van der Waals surface area contributed by atoms with Crippen molar-refractivity contribution in [1.29, 1.82) is 0 Å². The van der Waals surface area contributed by atoms with Gasteiger partial charge in [-0.25, -0.2) is 18.2 Å². The number of nitrogens with zero attached hydrogens (tertiary/aromatic N) is 3. The smallest absolute Gasteiger partial charge is 0.265 e. The van der Waals surface area contributed by atoms with E-state index < -0.39 is 15.9 Å². The number of amides is 1. The van der Waals surface area contributed by atoms with Gasteiger partial charge in [-0.1, -0.05) is 0 Å². The van der Waals surface area contributed by atoms with Crippen molar-refractivity contribution < 1.29 is 13.2 Å². The Bertz CT molecular complexity index is 672. The number of H-pyrrole nitrogens is 1. The lowest BCUT2D eigenvalue weighted by Crippen LogP contribution is -2.14. The van der Waals surface area contributed by atoms with Crippen LogP contribution in [0.1, 0.15) is 10.5 Å². The maximum absolute atomic E-state index is 11.9. The molecule has 0 unspecified atom stereocenters. The molecule has 10 heteroatoms. The molecule has 0 spiro atoms. The second-order valence-electron chi connectivity index (χ2n) is 3.48. The standard InChI is InChI=1S/C8H10N6O3S/c1-14-3-5(2-6(14)7(9)15)18(16,17)13-8-10-4-11-12-8/h2-4H,1H3,(H2,9,15)(H2,10,11,12,13). The average molecular weight is 270 g/mol. The first kappa shape index (κ1) is 12.1. The first-order chi connectivity index (χ1) is 8.40. The highest BCUT2D eigenvalue weighted by molar-refractivity contribution is 7.92. The van der Waals surface area contributed by atoms with Gasteiger partial charge in [0.1, 0.15) is 16.9 Å². The monoisotopic (exact) mass is 270 g/mol. The lowest BCUT2D eigenvalue weighted by molar-refractivity contribution is 0.0992. The van der Waals surface area contributed by atoms with Crippen molar-refractivity contribution in [3.05, 3.63) is 24.3 Å². The number of nitrogens with one attached hydrogen (secondary N) is 2. The number of primary amides is 1. The summed E-state index contributed by atoms with van der Waals surface area (Å²) < 4.78 is 27.3. The molecule has 0 bridgehead atoms. The molecule has 0 atom stereocenters. The molecule has 0 saturated heterocycles. The number of sulfonamides is 1. The average Bonchev–Trinajstić information content (AvgIpc) is 2.86. The largest absolute Gasteiger partial charge is 0.364 e. The molecule has 4 N–H and O–H groups in total. The zero-order chi connectivity index (χ0) is 13.3. The molecule has 0 fully saturated rings. The summed E-state index contributed by atoms with van der Waals surface area (Å²) in [5.74, 6) is -0.724. The van der Waals surface area contributed by atoms with Gasteiger partial charge in [0.05, 0.1) is 0 Å². The van der Waals surface area contributed by atoms with Gasteiger partial charge in [-0.15, -0.1) is 0 Å². The third kappa shape index (κ3) is 2.18. The van der Waals surface area contributed by atoms with E-state index in [4.69, 9.17) is 5.73 Å². The van der Waals surface area contributed by atoms with Gasteiger partial charge in [0.15, 0.2) is 0 Å². The first-order valence-corrected chi connectivity index (χ1v) is 6.23. The van der Waals surface area contributed by atoms with Crippen molar-refractivity contribution in [3.63, 3.8) is 0 Å². The van der Waals surface area contributed by atoms with Gasteiger partial charge in [0, 0.05) is 13.2 Å². The number of aromatic nitrogens is 4. The Morgan fingerprint density at radius 1 is 1.56 bits per heavy atom. The predicted molar refractivity (Wildman–Crippen MR) is 61.1 cm³/mol. The number of carbonyl (C=O) groups excluding carboxylic acids is 1. The maximum Gasteiger partial charge on any atom is 0.265 e. The van der Waals surface area contributed by atoms with Crippen LogP contribution in [-0.2, 0) is 17.1 Å². The molecule has 18 heavy (non-hydrogen) atoms. The number of hydrogen-bond acceptors (Lipinski definition) is 5. The zero-order valence-electron chi connectivity index (χ0n) is 9.28. The second-order valence-corrected chi connectivity index (χ2v) is 5.16. The van der Waals surface area contributed by atoms with Crippen LogP contribution in [0, 0.1) is 0 Å². The molecule has 0 saturated carbocycles. The lowest BCUT2D eigenvalue weighted by Gasteiger charge is -2.01. The van der Waals surface area contributed by atoms with Crippen molar-refractivity contribution in [2.75, 3.05) is 4.72 Å². The molecule has 0 radical (unpaired) electrons. The molecule has 2 heterocycles. The van der Waals surface area contributed by atoms with Crippen LogP contribution >= 0.6 is 0 Å². The van der Waals surface area contributed by atoms with Crippen LogP contribution in [0.25, 0.3) is 0 Å². The Morgan fingerprint density at radius 2 is 2.28 bits per heavy atom. The fourth-order valence-electron chi connectivity index (χ4n) is 1.37. The van der Waals surface area contributed by atoms with E-state index in [1.54, 1.807) is 0 Å². The Labute approximate surface area is 102 Å². The molecule has 0 aromatic carbocycles. The molecule has 1 amide bonds. The zero-order valence-corrected chi connectivity index (χ0v) is 10.1. The molecule has 2 aromatic heterocycles. The SMILES string of the molecule is Cn1cc(S(=O)(=O)Nc2ncn[nH]2)cc1C(N)=O. The summed E-state index contributed by atoms with van der Waals surface area (Å²) in [5.41, 5.74) is 5.19. The van der Waals surface area contributed by atoms with Gasteiger partial charge in [-0.05, 0) is 6.07 Å². The summed E-state index contributed by atoms with van der Waals surface area (Å²) in [4.78, 5) is 14.6. The van der Waals surface area contributed by atoms with Crippen molar-refractivity contribution in [2.24, 2.45) is 12.8 Å². The van der Waals surface area contributed by atoms with Gasteiger partial charge in [-0.3, -0.25) is 4.79 Å². The van der Waals surface area contributed by atoms with Crippen LogP contribution < -0.4 is 10.5 Å². The number of rotatable bonds is 4. The van der Waals surface area contributed by atoms with Gasteiger partial charge < -0.3 is 10.3 Å². The number of carbonyl (C=O) groups is 1. The van der Waals surface area contributed by atoms with E-state index in [1.807, 2.05) is 0 Å². The maximum atomic E-state index is 11.9. The molecule has 0 aliphatic heterocycles. The minimum absolute atomic E-state index is 0.0144. The molecule has 0 aliphatic rings. The minimum atomic E-state index is -3.83. The predicted octanol–water partition coefficient (Wildman–Crippen LogP) is -0.957. The lowest BCUT2D eigenvalue weighted by atomic mass is 10.4. The van der Waals surface area contributed by atoms with Crippen LogP contribution in [0.2, 0.25) is 0 Å². The van der Waals surface area contributed by atoms with E-state index in [-0.39, 0.29) is 16.5 Å². The van der Waals surface area contributed by atoms with Gasteiger partial charge in [-0.2, -0.15) is 10.1 Å². The molecule has 2 aromatic rings. The van der Waals surface area contributed by atoms with Crippen molar-refractivity contribution >= 4 is 21.9 Å². The van der Waals surface area contributed by atoms with E-state index in [1.165, 1.54) is 23.9 Å². The van der Waals surface area contributed by atoms with Crippen molar-refractivity contribution in [3.8, 4) is 0 Å². The third-order valence-electron chi connectivity index (χ3n) is 2.19.